The topological polar surface area (TPSA) is 113 Å². The minimum absolute atomic E-state index is 0.432. The normalized spacial score (nSPS) is 41.6. The average Bonchev–Trinajstić information content (AvgIpc) is 2.30. The zero-order valence-corrected chi connectivity index (χ0v) is 6.25. The Bertz CT molecular complexity index is 185. The van der Waals surface area contributed by atoms with E-state index in [1.165, 1.54) is 0 Å². The molecule has 1 unspecified atom stereocenters. The molecule has 0 aromatic heterocycles. The van der Waals surface area contributed by atoms with Crippen molar-refractivity contribution in [3.8, 4) is 0 Å². The predicted molar refractivity (Wildman–Crippen MR) is 37.4 cm³/mol. The monoisotopic (exact) mass is 177 g/mol. The number of hydrogen-bond acceptors (Lipinski definition) is 5. The number of nitrogens with two attached hydrogens (primary N) is 1. The highest BCUT2D eigenvalue weighted by molar-refractivity contribution is 5.74. The molecule has 0 aliphatic carbocycles. The Hall–Kier alpha value is -0.690. The van der Waals surface area contributed by atoms with Gasteiger partial charge in [-0.3, -0.25) is 0 Å². The quantitative estimate of drug-likeness (QED) is 0.371. The third-order valence-electron chi connectivity index (χ3n) is 1.87. The first-order chi connectivity index (χ1) is 5.57. The van der Waals surface area contributed by atoms with Crippen LogP contribution in [0.15, 0.2) is 0 Å². The van der Waals surface area contributed by atoms with Crippen LogP contribution in [0.3, 0.4) is 0 Å². The van der Waals surface area contributed by atoms with E-state index in [4.69, 9.17) is 20.7 Å². The SMILES string of the molecule is N[C@@H]1C(O)[C@@H](CO)O[C@@H]1C(=O)O. The zero-order chi connectivity index (χ0) is 9.30. The van der Waals surface area contributed by atoms with Gasteiger partial charge in [0, 0.05) is 0 Å². The minimum atomic E-state index is -1.22. The Kier molecular flexibility index (Phi) is 2.63. The molecule has 1 fully saturated rings. The van der Waals surface area contributed by atoms with Crippen molar-refractivity contribution in [1.29, 1.82) is 0 Å². The van der Waals surface area contributed by atoms with Crippen LogP contribution in [0.2, 0.25) is 0 Å². The van der Waals surface area contributed by atoms with Crippen molar-refractivity contribution in [3.63, 3.8) is 0 Å². The Balaban J connectivity index is 2.66. The largest absolute Gasteiger partial charge is 0.479 e. The van der Waals surface area contributed by atoms with E-state index in [-0.39, 0.29) is 0 Å². The van der Waals surface area contributed by atoms with E-state index in [9.17, 15) is 9.90 Å². The molecule has 1 heterocycles. The van der Waals surface area contributed by atoms with Crippen molar-refractivity contribution >= 4 is 5.97 Å². The van der Waals surface area contributed by atoms with Crippen molar-refractivity contribution in [2.75, 3.05) is 6.61 Å². The van der Waals surface area contributed by atoms with Gasteiger partial charge in [-0.1, -0.05) is 0 Å². The predicted octanol–water partition coefficient (Wildman–Crippen LogP) is -2.48. The van der Waals surface area contributed by atoms with Gasteiger partial charge in [-0.15, -0.1) is 0 Å². The van der Waals surface area contributed by atoms with Crippen molar-refractivity contribution < 1.29 is 24.9 Å². The van der Waals surface area contributed by atoms with Crippen molar-refractivity contribution in [3.05, 3.63) is 0 Å². The molecule has 0 radical (unpaired) electrons. The van der Waals surface area contributed by atoms with Crippen LogP contribution in [-0.2, 0) is 9.53 Å². The van der Waals surface area contributed by atoms with Crippen LogP contribution in [-0.4, -0.2) is 52.2 Å². The smallest absolute Gasteiger partial charge is 0.334 e. The van der Waals surface area contributed by atoms with E-state index < -0.39 is 36.9 Å². The highest BCUT2D eigenvalue weighted by Gasteiger charge is 2.44. The van der Waals surface area contributed by atoms with Gasteiger partial charge in [0.1, 0.15) is 12.2 Å². The van der Waals surface area contributed by atoms with Crippen LogP contribution in [0.1, 0.15) is 0 Å². The zero-order valence-electron chi connectivity index (χ0n) is 6.25. The molecule has 1 aliphatic heterocycles. The Labute approximate surface area is 68.6 Å². The number of hydrogen-bond donors (Lipinski definition) is 4. The number of carbonyl (C=O) groups is 1. The second kappa shape index (κ2) is 3.36. The maximum absolute atomic E-state index is 10.4. The summed E-state index contributed by atoms with van der Waals surface area (Å²) in [6, 6.07) is -0.973. The van der Waals surface area contributed by atoms with Gasteiger partial charge in [0.2, 0.25) is 0 Å². The Morgan fingerprint density at radius 3 is 2.42 bits per heavy atom. The molecular weight excluding hydrogens is 166 g/mol. The lowest BCUT2D eigenvalue weighted by Gasteiger charge is -2.11. The number of carboxylic acids is 1. The summed E-state index contributed by atoms with van der Waals surface area (Å²) in [5.41, 5.74) is 5.32. The fourth-order valence-electron chi connectivity index (χ4n) is 1.16. The first kappa shape index (κ1) is 9.40. The Morgan fingerprint density at radius 1 is 1.58 bits per heavy atom. The molecule has 0 amide bonds. The van der Waals surface area contributed by atoms with Crippen LogP contribution in [0.4, 0.5) is 0 Å². The van der Waals surface area contributed by atoms with Gasteiger partial charge >= 0.3 is 5.97 Å². The highest BCUT2D eigenvalue weighted by Crippen LogP contribution is 2.19. The summed E-state index contributed by atoms with van der Waals surface area (Å²) < 4.78 is 4.77. The third kappa shape index (κ3) is 1.42. The fraction of sp³-hybridized carbons (Fsp3) is 0.833. The number of ether oxygens (including phenoxy) is 1. The standard InChI is InChI=1S/C6H11NO5/c7-3-4(9)2(1-8)12-5(3)6(10)11/h2-5,8-9H,1,7H2,(H,10,11)/t2-,3-,4?,5+/m1/s1. The van der Waals surface area contributed by atoms with E-state index >= 15 is 0 Å². The summed E-state index contributed by atoms with van der Waals surface area (Å²) in [7, 11) is 0. The maximum atomic E-state index is 10.4. The van der Waals surface area contributed by atoms with Gasteiger partial charge in [-0.05, 0) is 0 Å². The van der Waals surface area contributed by atoms with Gasteiger partial charge < -0.3 is 25.8 Å². The molecule has 1 rings (SSSR count). The summed E-state index contributed by atoms with van der Waals surface area (Å²) >= 11 is 0. The molecule has 6 heteroatoms. The molecule has 0 spiro atoms. The first-order valence-electron chi connectivity index (χ1n) is 3.50. The fourth-order valence-corrected chi connectivity index (χ4v) is 1.16. The van der Waals surface area contributed by atoms with Crippen LogP contribution < -0.4 is 5.73 Å². The maximum Gasteiger partial charge on any atom is 0.334 e. The van der Waals surface area contributed by atoms with Gasteiger partial charge in [0.25, 0.3) is 0 Å². The summed E-state index contributed by atoms with van der Waals surface area (Å²) in [6.45, 7) is -0.432. The molecular formula is C6H11NO5. The highest BCUT2D eigenvalue weighted by atomic mass is 16.6. The molecule has 5 N–H and O–H groups in total. The Morgan fingerprint density at radius 2 is 2.17 bits per heavy atom. The first-order valence-corrected chi connectivity index (χ1v) is 3.50. The second-order valence-electron chi connectivity index (χ2n) is 2.68. The summed E-state index contributed by atoms with van der Waals surface area (Å²) in [6.07, 6.45) is -3.23. The van der Waals surface area contributed by atoms with E-state index in [0.29, 0.717) is 0 Å². The molecule has 0 aromatic carbocycles. The summed E-state index contributed by atoms with van der Waals surface area (Å²) in [4.78, 5) is 10.4. The van der Waals surface area contributed by atoms with Crippen molar-refractivity contribution in [2.24, 2.45) is 5.73 Å². The number of aliphatic hydroxyl groups is 2. The van der Waals surface area contributed by atoms with Gasteiger partial charge in [0.15, 0.2) is 6.10 Å². The van der Waals surface area contributed by atoms with E-state index in [0.717, 1.165) is 0 Å². The molecule has 4 atom stereocenters. The van der Waals surface area contributed by atoms with Crippen molar-refractivity contribution in [1.82, 2.24) is 0 Å². The number of carboxylic acid groups (broad SMARTS) is 1. The minimum Gasteiger partial charge on any atom is -0.479 e. The van der Waals surface area contributed by atoms with Crippen LogP contribution in [0.25, 0.3) is 0 Å². The lowest BCUT2D eigenvalue weighted by Crippen LogP contribution is -2.43. The molecule has 0 saturated carbocycles. The number of aliphatic carboxylic acids is 1. The van der Waals surface area contributed by atoms with Crippen molar-refractivity contribution in [2.45, 2.75) is 24.4 Å². The third-order valence-corrected chi connectivity index (χ3v) is 1.87. The molecule has 70 valence electrons. The van der Waals surface area contributed by atoms with Gasteiger partial charge in [0.05, 0.1) is 12.6 Å². The lowest BCUT2D eigenvalue weighted by atomic mass is 10.1. The average molecular weight is 177 g/mol. The molecule has 0 aromatic rings. The van der Waals surface area contributed by atoms with Gasteiger partial charge in [-0.25, -0.2) is 4.79 Å². The van der Waals surface area contributed by atoms with Crippen LogP contribution in [0, 0.1) is 0 Å². The summed E-state index contributed by atoms with van der Waals surface area (Å²) in [5, 5.41) is 26.3. The number of aliphatic hydroxyl groups excluding tert-OH is 2. The molecule has 12 heavy (non-hydrogen) atoms. The second-order valence-corrected chi connectivity index (χ2v) is 2.68. The summed E-state index contributed by atoms with van der Waals surface area (Å²) in [5.74, 6) is -1.22. The lowest BCUT2D eigenvalue weighted by molar-refractivity contribution is -0.150. The molecule has 0 bridgehead atoms. The van der Waals surface area contributed by atoms with Gasteiger partial charge in [-0.2, -0.15) is 0 Å². The van der Waals surface area contributed by atoms with Crippen LogP contribution >= 0.6 is 0 Å². The molecule has 1 saturated heterocycles. The van der Waals surface area contributed by atoms with E-state index in [1.54, 1.807) is 0 Å². The van der Waals surface area contributed by atoms with E-state index in [1.807, 2.05) is 0 Å². The molecule has 1 aliphatic rings. The van der Waals surface area contributed by atoms with E-state index in [2.05, 4.69) is 0 Å². The molecule has 6 nitrogen and oxygen atoms in total. The number of rotatable bonds is 2. The van der Waals surface area contributed by atoms with Crippen LogP contribution in [0.5, 0.6) is 0 Å².